The van der Waals surface area contributed by atoms with Gasteiger partial charge < -0.3 is 9.84 Å². The Morgan fingerprint density at radius 1 is 1.27 bits per heavy atom. The maximum atomic E-state index is 13.0. The van der Waals surface area contributed by atoms with Crippen molar-refractivity contribution in [1.82, 2.24) is 20.3 Å². The van der Waals surface area contributed by atoms with Gasteiger partial charge in [-0.05, 0) is 56.9 Å². The zero-order valence-corrected chi connectivity index (χ0v) is 14.4. The minimum atomic E-state index is -0.294. The number of aromatic nitrogens is 3. The second kappa shape index (κ2) is 6.74. The Hall–Kier alpha value is -2.96. The Balaban J connectivity index is 1.48. The average molecular weight is 354 g/mol. The summed E-state index contributed by atoms with van der Waals surface area (Å²) in [7, 11) is 0. The number of hydrogen-bond acceptors (Lipinski definition) is 4. The van der Waals surface area contributed by atoms with Gasteiger partial charge in [0, 0.05) is 17.3 Å². The van der Waals surface area contributed by atoms with Crippen molar-refractivity contribution in [3.63, 3.8) is 0 Å². The van der Waals surface area contributed by atoms with Crippen molar-refractivity contribution >= 4 is 5.91 Å². The zero-order valence-electron chi connectivity index (χ0n) is 14.4. The number of carbonyl (C=O) groups excluding carboxylic acids is 1. The molecule has 0 radical (unpaired) electrons. The molecule has 3 aromatic rings. The van der Waals surface area contributed by atoms with Crippen LogP contribution in [-0.2, 0) is 12.8 Å². The lowest BCUT2D eigenvalue weighted by atomic mass is 9.96. The van der Waals surface area contributed by atoms with E-state index < -0.39 is 0 Å². The molecule has 0 aliphatic heterocycles. The van der Waals surface area contributed by atoms with Gasteiger partial charge in [-0.1, -0.05) is 5.16 Å². The number of halogens is 1. The lowest BCUT2D eigenvalue weighted by Gasteiger charge is -2.12. The van der Waals surface area contributed by atoms with Crippen LogP contribution in [0.1, 0.15) is 53.2 Å². The van der Waals surface area contributed by atoms with Crippen molar-refractivity contribution < 1.29 is 13.7 Å². The summed E-state index contributed by atoms with van der Waals surface area (Å²) < 4.78 is 20.0. The van der Waals surface area contributed by atoms with Crippen LogP contribution >= 0.6 is 0 Å². The molecule has 1 amide bonds. The van der Waals surface area contributed by atoms with E-state index in [2.05, 4.69) is 15.6 Å². The Labute approximate surface area is 150 Å². The van der Waals surface area contributed by atoms with Gasteiger partial charge in [0.25, 0.3) is 5.91 Å². The maximum absolute atomic E-state index is 13.0. The van der Waals surface area contributed by atoms with Crippen molar-refractivity contribution in [2.45, 2.75) is 38.6 Å². The van der Waals surface area contributed by atoms with Crippen molar-refractivity contribution in [1.29, 1.82) is 0 Å². The van der Waals surface area contributed by atoms with Gasteiger partial charge in [-0.15, -0.1) is 0 Å². The maximum Gasteiger partial charge on any atom is 0.290 e. The minimum Gasteiger partial charge on any atom is -0.350 e. The Bertz CT molecular complexity index is 929. The molecular weight excluding hydrogens is 335 g/mol. The SMILES string of the molecule is CC(NC(=O)c1onc2c1CCCC2)c1cnn(-c2ccc(F)cc2)c1. The fourth-order valence-electron chi connectivity index (χ4n) is 3.21. The molecule has 0 fully saturated rings. The third-order valence-electron chi connectivity index (χ3n) is 4.71. The minimum absolute atomic E-state index is 0.249. The van der Waals surface area contributed by atoms with Crippen LogP contribution in [0, 0.1) is 5.82 Å². The van der Waals surface area contributed by atoms with Crippen LogP contribution < -0.4 is 5.32 Å². The number of amides is 1. The first-order valence-electron chi connectivity index (χ1n) is 8.70. The molecule has 4 rings (SSSR count). The van der Waals surface area contributed by atoms with Crippen LogP contribution in [-0.4, -0.2) is 20.8 Å². The molecule has 7 heteroatoms. The summed E-state index contributed by atoms with van der Waals surface area (Å²) in [5, 5.41) is 11.2. The molecule has 26 heavy (non-hydrogen) atoms. The monoisotopic (exact) mass is 354 g/mol. The van der Waals surface area contributed by atoms with Gasteiger partial charge in [0.1, 0.15) is 5.82 Å². The number of carbonyl (C=O) groups is 1. The quantitative estimate of drug-likeness (QED) is 0.780. The lowest BCUT2D eigenvalue weighted by molar-refractivity contribution is 0.0901. The summed E-state index contributed by atoms with van der Waals surface area (Å²) >= 11 is 0. The molecule has 1 N–H and O–H groups in total. The number of nitrogens with one attached hydrogen (secondary N) is 1. The summed E-state index contributed by atoms with van der Waals surface area (Å²) in [5.74, 6) is -0.239. The smallest absolute Gasteiger partial charge is 0.290 e. The molecule has 1 aliphatic rings. The van der Waals surface area contributed by atoms with Gasteiger partial charge in [-0.25, -0.2) is 9.07 Å². The highest BCUT2D eigenvalue weighted by atomic mass is 19.1. The van der Waals surface area contributed by atoms with E-state index in [1.807, 2.05) is 13.1 Å². The van der Waals surface area contributed by atoms with Crippen molar-refractivity contribution in [3.8, 4) is 5.69 Å². The fourth-order valence-corrected chi connectivity index (χ4v) is 3.21. The second-order valence-corrected chi connectivity index (χ2v) is 6.53. The number of benzene rings is 1. The fraction of sp³-hybridized carbons (Fsp3) is 0.316. The van der Waals surface area contributed by atoms with E-state index in [1.54, 1.807) is 23.0 Å². The predicted octanol–water partition coefficient (Wildman–Crippen LogP) is 3.37. The molecule has 134 valence electrons. The first kappa shape index (κ1) is 16.5. The van der Waals surface area contributed by atoms with Gasteiger partial charge in [0.05, 0.1) is 23.6 Å². The summed E-state index contributed by atoms with van der Waals surface area (Å²) in [6.07, 6.45) is 7.33. The van der Waals surface area contributed by atoms with E-state index in [0.29, 0.717) is 5.76 Å². The highest BCUT2D eigenvalue weighted by Gasteiger charge is 2.25. The molecule has 1 aliphatic carbocycles. The Morgan fingerprint density at radius 2 is 2.04 bits per heavy atom. The number of rotatable bonds is 4. The van der Waals surface area contributed by atoms with Crippen LogP contribution in [0.4, 0.5) is 4.39 Å². The van der Waals surface area contributed by atoms with Crippen LogP contribution in [0.2, 0.25) is 0 Å². The summed E-state index contributed by atoms with van der Waals surface area (Å²) in [6, 6.07) is 5.82. The van der Waals surface area contributed by atoms with Crippen LogP contribution in [0.15, 0.2) is 41.2 Å². The average Bonchev–Trinajstić information content (AvgIpc) is 3.30. The van der Waals surface area contributed by atoms with Crippen LogP contribution in [0.25, 0.3) is 5.69 Å². The molecule has 2 heterocycles. The number of hydrogen-bond donors (Lipinski definition) is 1. The molecule has 0 bridgehead atoms. The van der Waals surface area contributed by atoms with Crippen LogP contribution in [0.3, 0.4) is 0 Å². The van der Waals surface area contributed by atoms with E-state index in [-0.39, 0.29) is 17.8 Å². The Morgan fingerprint density at radius 3 is 2.85 bits per heavy atom. The van der Waals surface area contributed by atoms with Gasteiger partial charge in [0.2, 0.25) is 5.76 Å². The van der Waals surface area contributed by atoms with Crippen LogP contribution in [0.5, 0.6) is 0 Å². The predicted molar refractivity (Wildman–Crippen MR) is 92.5 cm³/mol. The number of nitrogens with zero attached hydrogens (tertiary/aromatic N) is 3. The van der Waals surface area contributed by atoms with Crippen molar-refractivity contribution in [3.05, 3.63) is 65.1 Å². The third-order valence-corrected chi connectivity index (χ3v) is 4.71. The number of aryl methyl sites for hydroxylation is 1. The van der Waals surface area contributed by atoms with E-state index in [9.17, 15) is 9.18 Å². The van der Waals surface area contributed by atoms with Crippen molar-refractivity contribution in [2.24, 2.45) is 0 Å². The van der Waals surface area contributed by atoms with Gasteiger partial charge >= 0.3 is 0 Å². The third kappa shape index (κ3) is 3.12. The molecule has 1 atom stereocenters. The molecule has 2 aromatic heterocycles. The number of fused-ring (bicyclic) bond motifs is 1. The van der Waals surface area contributed by atoms with Gasteiger partial charge in [0.15, 0.2) is 0 Å². The van der Waals surface area contributed by atoms with Crippen molar-refractivity contribution in [2.75, 3.05) is 0 Å². The summed E-state index contributed by atoms with van der Waals surface area (Å²) in [4.78, 5) is 12.6. The van der Waals surface area contributed by atoms with E-state index >= 15 is 0 Å². The standard InChI is InChI=1S/C19H19FN4O2/c1-12(13-10-21-24(11-13)15-8-6-14(20)7-9-15)22-19(25)18-16-4-2-3-5-17(16)23-26-18/h6-12H,2-5H2,1H3,(H,22,25). The highest BCUT2D eigenvalue weighted by molar-refractivity contribution is 5.93. The lowest BCUT2D eigenvalue weighted by Crippen LogP contribution is -2.27. The topological polar surface area (TPSA) is 73.0 Å². The molecule has 0 spiro atoms. The largest absolute Gasteiger partial charge is 0.350 e. The second-order valence-electron chi connectivity index (χ2n) is 6.53. The molecule has 1 aromatic carbocycles. The first-order chi connectivity index (χ1) is 12.6. The molecule has 1 unspecified atom stereocenters. The van der Waals surface area contributed by atoms with Gasteiger partial charge in [-0.2, -0.15) is 5.10 Å². The first-order valence-corrected chi connectivity index (χ1v) is 8.70. The molecule has 0 saturated carbocycles. The van der Waals surface area contributed by atoms with E-state index in [4.69, 9.17) is 4.52 Å². The summed E-state index contributed by atoms with van der Waals surface area (Å²) in [6.45, 7) is 1.88. The Kier molecular flexibility index (Phi) is 4.28. The molecule has 0 saturated heterocycles. The summed E-state index contributed by atoms with van der Waals surface area (Å²) in [5.41, 5.74) is 3.43. The zero-order chi connectivity index (χ0) is 18.1. The molecular formula is C19H19FN4O2. The normalized spacial score (nSPS) is 14.7. The molecule has 6 nitrogen and oxygen atoms in total. The highest BCUT2D eigenvalue weighted by Crippen LogP contribution is 2.24. The van der Waals surface area contributed by atoms with E-state index in [0.717, 1.165) is 48.2 Å². The van der Waals surface area contributed by atoms with E-state index in [1.165, 1.54) is 12.1 Å². The van der Waals surface area contributed by atoms with Gasteiger partial charge in [-0.3, -0.25) is 4.79 Å².